The lowest BCUT2D eigenvalue weighted by Gasteiger charge is -2.33. The van der Waals surface area contributed by atoms with Crippen LogP contribution in [0.3, 0.4) is 0 Å². The van der Waals surface area contributed by atoms with Crippen LogP contribution in [-0.4, -0.2) is 53.1 Å². The van der Waals surface area contributed by atoms with Crippen molar-refractivity contribution in [3.05, 3.63) is 11.4 Å². The fourth-order valence-corrected chi connectivity index (χ4v) is 2.17. The predicted octanol–water partition coefficient (Wildman–Crippen LogP) is 0.942. The minimum absolute atomic E-state index is 0.127. The number of likely N-dealkylation sites (N-methyl/N-ethyl adjacent to an activating group) is 1. The molecular weight excluding hydrogens is 266 g/mol. The third kappa shape index (κ3) is 3.81. The van der Waals surface area contributed by atoms with Gasteiger partial charge in [0.1, 0.15) is 17.5 Å². The second-order valence-electron chi connectivity index (χ2n) is 6.67. The largest absolute Gasteiger partial charge is 0.308 e. The van der Waals surface area contributed by atoms with Gasteiger partial charge in [0, 0.05) is 37.2 Å². The van der Waals surface area contributed by atoms with Crippen molar-refractivity contribution in [1.29, 1.82) is 0 Å². The van der Waals surface area contributed by atoms with E-state index < -0.39 is 0 Å². The van der Waals surface area contributed by atoms with Gasteiger partial charge in [-0.05, 0) is 14.0 Å². The number of nitrogens with one attached hydrogen (secondary N) is 2. The first-order valence-corrected chi connectivity index (χ1v) is 7.37. The molecule has 1 aliphatic rings. The molecule has 0 atom stereocenters. The maximum Gasteiger partial charge on any atom is 0.149 e. The zero-order valence-electron chi connectivity index (χ0n) is 13.7. The molecule has 0 unspecified atom stereocenters. The molecule has 0 aliphatic carbocycles. The van der Waals surface area contributed by atoms with E-state index in [-0.39, 0.29) is 5.41 Å². The van der Waals surface area contributed by atoms with Crippen LogP contribution < -0.4 is 16.7 Å². The zero-order chi connectivity index (χ0) is 15.6. The highest BCUT2D eigenvalue weighted by atomic mass is 15.5. The normalized spacial score (nSPS) is 17.8. The minimum atomic E-state index is -0.127. The van der Waals surface area contributed by atoms with Crippen LogP contribution in [0.2, 0.25) is 0 Å². The summed E-state index contributed by atoms with van der Waals surface area (Å²) in [6.07, 6.45) is 0. The standard InChI is InChI=1S/C14H27N7/c1-10-11(18-15)16-13(14(2,3)4)17-12(10)19-21-8-6-20(5)7-9-21/h6-9,15H2,1-5H3,(H2,16,17,18,19). The lowest BCUT2D eigenvalue weighted by Crippen LogP contribution is -2.47. The van der Waals surface area contributed by atoms with Crippen LogP contribution in [0, 0.1) is 6.92 Å². The zero-order valence-corrected chi connectivity index (χ0v) is 13.7. The van der Waals surface area contributed by atoms with Gasteiger partial charge in [0.25, 0.3) is 0 Å². The van der Waals surface area contributed by atoms with Crippen molar-refractivity contribution in [2.45, 2.75) is 33.1 Å². The number of rotatable bonds is 3. The number of hydrogen-bond acceptors (Lipinski definition) is 7. The third-order valence-corrected chi connectivity index (χ3v) is 3.72. The van der Waals surface area contributed by atoms with Gasteiger partial charge in [0.15, 0.2) is 0 Å². The number of nitrogens with two attached hydrogens (primary N) is 1. The maximum absolute atomic E-state index is 5.59. The van der Waals surface area contributed by atoms with Crippen LogP contribution >= 0.6 is 0 Å². The van der Waals surface area contributed by atoms with Crippen molar-refractivity contribution in [2.24, 2.45) is 5.84 Å². The van der Waals surface area contributed by atoms with Gasteiger partial charge >= 0.3 is 0 Å². The van der Waals surface area contributed by atoms with Crippen LogP contribution in [0.5, 0.6) is 0 Å². The van der Waals surface area contributed by atoms with Gasteiger partial charge in [-0.2, -0.15) is 0 Å². The van der Waals surface area contributed by atoms with Gasteiger partial charge in [0.05, 0.1) is 0 Å². The summed E-state index contributed by atoms with van der Waals surface area (Å²) in [5, 5.41) is 2.20. The van der Waals surface area contributed by atoms with Crippen molar-refractivity contribution in [2.75, 3.05) is 44.1 Å². The molecule has 1 aromatic heterocycles. The number of hydrazine groups is 2. The van der Waals surface area contributed by atoms with Gasteiger partial charge < -0.3 is 15.8 Å². The Hall–Kier alpha value is -1.44. The minimum Gasteiger partial charge on any atom is -0.308 e. The van der Waals surface area contributed by atoms with Gasteiger partial charge in [-0.1, -0.05) is 20.8 Å². The summed E-state index contributed by atoms with van der Waals surface area (Å²) in [4.78, 5) is 11.5. The number of aromatic nitrogens is 2. The van der Waals surface area contributed by atoms with Gasteiger partial charge in [-0.25, -0.2) is 20.8 Å². The van der Waals surface area contributed by atoms with E-state index in [0.29, 0.717) is 5.82 Å². The van der Waals surface area contributed by atoms with Crippen molar-refractivity contribution in [1.82, 2.24) is 19.9 Å². The van der Waals surface area contributed by atoms with Crippen LogP contribution in [0.4, 0.5) is 11.6 Å². The summed E-state index contributed by atoms with van der Waals surface area (Å²) < 4.78 is 0. The summed E-state index contributed by atoms with van der Waals surface area (Å²) in [6.45, 7) is 12.3. The average molecular weight is 293 g/mol. The molecule has 0 saturated carbocycles. The van der Waals surface area contributed by atoms with Crippen molar-refractivity contribution in [3.63, 3.8) is 0 Å². The molecule has 4 N–H and O–H groups in total. The molecule has 21 heavy (non-hydrogen) atoms. The van der Waals surface area contributed by atoms with E-state index in [0.717, 1.165) is 43.4 Å². The molecule has 0 bridgehead atoms. The molecule has 0 aromatic carbocycles. The number of nitrogens with zero attached hydrogens (tertiary/aromatic N) is 4. The third-order valence-electron chi connectivity index (χ3n) is 3.72. The summed E-state index contributed by atoms with van der Waals surface area (Å²) in [5.41, 5.74) is 6.90. The molecule has 0 spiro atoms. The molecule has 0 radical (unpaired) electrons. The second-order valence-corrected chi connectivity index (χ2v) is 6.67. The average Bonchev–Trinajstić information content (AvgIpc) is 2.42. The van der Waals surface area contributed by atoms with E-state index in [4.69, 9.17) is 10.8 Å². The molecule has 1 fully saturated rings. The first-order chi connectivity index (χ1) is 9.81. The van der Waals surface area contributed by atoms with E-state index in [1.165, 1.54) is 0 Å². The Morgan fingerprint density at radius 1 is 1.05 bits per heavy atom. The van der Waals surface area contributed by atoms with Crippen LogP contribution in [0.25, 0.3) is 0 Å². The van der Waals surface area contributed by atoms with E-state index >= 15 is 0 Å². The van der Waals surface area contributed by atoms with Gasteiger partial charge in [-0.3, -0.25) is 0 Å². The number of piperazine rings is 1. The fourth-order valence-electron chi connectivity index (χ4n) is 2.17. The smallest absolute Gasteiger partial charge is 0.149 e. The number of nitrogen functional groups attached to an aromatic ring is 1. The highest BCUT2D eigenvalue weighted by Gasteiger charge is 2.22. The Kier molecular flexibility index (Phi) is 4.65. The highest BCUT2D eigenvalue weighted by molar-refractivity contribution is 5.56. The topological polar surface area (TPSA) is 82.3 Å². The first kappa shape index (κ1) is 15.9. The molecular formula is C14H27N7. The van der Waals surface area contributed by atoms with Gasteiger partial charge in [0.2, 0.25) is 0 Å². The summed E-state index contributed by atoms with van der Waals surface area (Å²) in [6, 6.07) is 0. The molecule has 1 aromatic rings. The van der Waals surface area contributed by atoms with E-state index in [2.05, 4.69) is 53.6 Å². The Bertz CT molecular complexity index is 487. The molecule has 1 saturated heterocycles. The number of anilines is 2. The summed E-state index contributed by atoms with van der Waals surface area (Å²) in [5.74, 6) is 7.87. The Labute approximate surface area is 126 Å². The second kappa shape index (κ2) is 6.13. The van der Waals surface area contributed by atoms with Crippen LogP contribution in [0.1, 0.15) is 32.2 Å². The SMILES string of the molecule is Cc1c(NN)nc(C(C)(C)C)nc1NN1CCN(C)CC1. The predicted molar refractivity (Wildman–Crippen MR) is 86.0 cm³/mol. The van der Waals surface area contributed by atoms with Crippen molar-refractivity contribution >= 4 is 11.6 Å². The highest BCUT2D eigenvalue weighted by Crippen LogP contribution is 2.26. The van der Waals surface area contributed by atoms with Crippen molar-refractivity contribution in [3.8, 4) is 0 Å². The molecule has 2 heterocycles. The van der Waals surface area contributed by atoms with E-state index in [9.17, 15) is 0 Å². The van der Waals surface area contributed by atoms with Crippen LogP contribution in [0.15, 0.2) is 0 Å². The fraction of sp³-hybridized carbons (Fsp3) is 0.714. The number of hydrogen-bond donors (Lipinski definition) is 3. The quantitative estimate of drug-likeness (QED) is 0.565. The molecule has 118 valence electrons. The molecule has 1 aliphatic heterocycles. The lowest BCUT2D eigenvalue weighted by atomic mass is 9.95. The summed E-state index contributed by atoms with van der Waals surface area (Å²) >= 11 is 0. The molecule has 7 heteroatoms. The van der Waals surface area contributed by atoms with E-state index in [1.54, 1.807) is 0 Å². The van der Waals surface area contributed by atoms with Gasteiger partial charge in [-0.15, -0.1) is 0 Å². The molecule has 2 rings (SSSR count). The molecule has 7 nitrogen and oxygen atoms in total. The molecule has 0 amide bonds. The monoisotopic (exact) mass is 293 g/mol. The Morgan fingerprint density at radius 2 is 1.62 bits per heavy atom. The van der Waals surface area contributed by atoms with E-state index in [1.807, 2.05) is 6.92 Å². The lowest BCUT2D eigenvalue weighted by molar-refractivity contribution is 0.178. The summed E-state index contributed by atoms with van der Waals surface area (Å²) in [7, 11) is 2.14. The van der Waals surface area contributed by atoms with Crippen LogP contribution in [-0.2, 0) is 5.41 Å². The Balaban J connectivity index is 2.25. The first-order valence-electron chi connectivity index (χ1n) is 7.37. The maximum atomic E-state index is 5.59. The Morgan fingerprint density at radius 3 is 2.14 bits per heavy atom. The van der Waals surface area contributed by atoms with Crippen molar-refractivity contribution < 1.29 is 0 Å².